The minimum Gasteiger partial charge on any atom is -0.294 e. The van der Waals surface area contributed by atoms with E-state index in [1.807, 2.05) is 12.1 Å². The lowest BCUT2D eigenvalue weighted by atomic mass is 10.1. The van der Waals surface area contributed by atoms with Gasteiger partial charge in [0.05, 0.1) is 19.1 Å². The van der Waals surface area contributed by atoms with Crippen molar-refractivity contribution in [3.05, 3.63) is 35.4 Å². The second-order valence-electron chi connectivity index (χ2n) is 4.97. The first-order chi connectivity index (χ1) is 9.51. The molecule has 1 aliphatic rings. The van der Waals surface area contributed by atoms with Crippen LogP contribution in [0.2, 0.25) is 0 Å². The van der Waals surface area contributed by atoms with E-state index in [9.17, 15) is 14.4 Å². The van der Waals surface area contributed by atoms with Crippen LogP contribution in [0.15, 0.2) is 24.3 Å². The summed E-state index contributed by atoms with van der Waals surface area (Å²) in [6.07, 6.45) is 0.923. The average Bonchev–Trinajstić information content (AvgIpc) is 2.44. The molecule has 20 heavy (non-hydrogen) atoms. The van der Waals surface area contributed by atoms with Crippen molar-refractivity contribution >= 4 is 17.6 Å². The van der Waals surface area contributed by atoms with Gasteiger partial charge in [0.2, 0.25) is 11.8 Å². The molecule has 0 saturated carbocycles. The van der Waals surface area contributed by atoms with E-state index in [1.54, 1.807) is 24.0 Å². The van der Waals surface area contributed by atoms with Crippen LogP contribution in [0.3, 0.4) is 0 Å². The highest BCUT2D eigenvalue weighted by Crippen LogP contribution is 2.10. The fraction of sp³-hybridized carbons (Fsp3) is 0.400. The lowest BCUT2D eigenvalue weighted by Gasteiger charge is -2.30. The maximum atomic E-state index is 12.2. The molecule has 106 valence electrons. The molecule has 5 heteroatoms. The maximum Gasteiger partial charge on any atom is 0.243 e. The molecule has 0 spiro atoms. The van der Waals surface area contributed by atoms with Gasteiger partial charge in [0.25, 0.3) is 0 Å². The smallest absolute Gasteiger partial charge is 0.243 e. The number of benzene rings is 1. The molecule has 1 saturated heterocycles. The van der Waals surface area contributed by atoms with Crippen LogP contribution in [-0.2, 0) is 16.0 Å². The Morgan fingerprint density at radius 3 is 2.55 bits per heavy atom. The molecule has 1 aromatic rings. The van der Waals surface area contributed by atoms with Crippen molar-refractivity contribution in [3.63, 3.8) is 0 Å². The third kappa shape index (κ3) is 3.11. The number of carbonyl (C=O) groups is 3. The Morgan fingerprint density at radius 2 is 1.95 bits per heavy atom. The molecule has 1 heterocycles. The van der Waals surface area contributed by atoms with Gasteiger partial charge < -0.3 is 0 Å². The topological polar surface area (TPSA) is 66.5 Å². The SMILES string of the molecule is CCc1ccc(C(=O)CN2CC(=O)NC(=O)C2C)cc1. The standard InChI is InChI=1S/C15H18N2O3/c1-3-11-4-6-12(7-5-11)13(18)8-17-9-14(19)16-15(20)10(17)2/h4-7,10H,3,8-9H2,1-2H3,(H,16,19,20). The second kappa shape index (κ2) is 5.96. The summed E-state index contributed by atoms with van der Waals surface area (Å²) in [5, 5.41) is 2.26. The number of ketones is 1. The number of carbonyl (C=O) groups excluding carboxylic acids is 3. The maximum absolute atomic E-state index is 12.2. The fourth-order valence-corrected chi connectivity index (χ4v) is 2.16. The molecule has 1 aromatic carbocycles. The van der Waals surface area contributed by atoms with Gasteiger partial charge in [-0.2, -0.15) is 0 Å². The Morgan fingerprint density at radius 1 is 1.30 bits per heavy atom. The summed E-state index contributed by atoms with van der Waals surface area (Å²) in [5.41, 5.74) is 1.77. The van der Waals surface area contributed by atoms with Gasteiger partial charge >= 0.3 is 0 Å². The zero-order valence-corrected chi connectivity index (χ0v) is 11.7. The number of Topliss-reactive ketones (excluding diaryl/α,β-unsaturated/α-hetero) is 1. The van der Waals surface area contributed by atoms with Crippen LogP contribution in [0.4, 0.5) is 0 Å². The molecule has 0 bridgehead atoms. The van der Waals surface area contributed by atoms with Gasteiger partial charge in [-0.3, -0.25) is 24.6 Å². The van der Waals surface area contributed by atoms with Crippen LogP contribution in [0.5, 0.6) is 0 Å². The lowest BCUT2D eigenvalue weighted by molar-refractivity contribution is -0.139. The summed E-state index contributed by atoms with van der Waals surface area (Å²) in [6, 6.07) is 6.96. The lowest BCUT2D eigenvalue weighted by Crippen LogP contribution is -2.57. The molecule has 1 fully saturated rings. The molecule has 2 rings (SSSR count). The second-order valence-corrected chi connectivity index (χ2v) is 4.97. The van der Waals surface area contributed by atoms with Crippen molar-refractivity contribution in [1.29, 1.82) is 0 Å². The molecule has 5 nitrogen and oxygen atoms in total. The van der Waals surface area contributed by atoms with Crippen LogP contribution >= 0.6 is 0 Å². The van der Waals surface area contributed by atoms with E-state index < -0.39 is 6.04 Å². The number of nitrogens with zero attached hydrogens (tertiary/aromatic N) is 1. The zero-order valence-electron chi connectivity index (χ0n) is 11.7. The van der Waals surface area contributed by atoms with Crippen molar-refractivity contribution in [2.24, 2.45) is 0 Å². The minimum absolute atomic E-state index is 0.0751. The Balaban J connectivity index is 2.06. The first-order valence-electron chi connectivity index (χ1n) is 6.71. The number of nitrogens with one attached hydrogen (secondary N) is 1. The van der Waals surface area contributed by atoms with E-state index in [2.05, 4.69) is 12.2 Å². The van der Waals surface area contributed by atoms with Crippen molar-refractivity contribution in [1.82, 2.24) is 10.2 Å². The van der Waals surface area contributed by atoms with Crippen molar-refractivity contribution in [2.75, 3.05) is 13.1 Å². The van der Waals surface area contributed by atoms with E-state index in [4.69, 9.17) is 0 Å². The van der Waals surface area contributed by atoms with Crippen molar-refractivity contribution in [2.45, 2.75) is 26.3 Å². The summed E-state index contributed by atoms with van der Waals surface area (Å²) in [4.78, 5) is 36.7. The normalized spacial score (nSPS) is 19.8. The van der Waals surface area contributed by atoms with Gasteiger partial charge in [0.15, 0.2) is 5.78 Å². The molecule has 1 aliphatic heterocycles. The highest BCUT2D eigenvalue weighted by molar-refractivity contribution is 6.03. The monoisotopic (exact) mass is 274 g/mol. The van der Waals surface area contributed by atoms with E-state index in [0.29, 0.717) is 5.56 Å². The fourth-order valence-electron chi connectivity index (χ4n) is 2.16. The predicted octanol–water partition coefficient (Wildman–Crippen LogP) is 0.779. The molecule has 2 amide bonds. The van der Waals surface area contributed by atoms with Crippen LogP contribution in [0.25, 0.3) is 0 Å². The molecule has 1 N–H and O–H groups in total. The molecule has 0 aromatic heterocycles. The van der Waals surface area contributed by atoms with E-state index in [1.165, 1.54) is 5.56 Å². The minimum atomic E-state index is -0.466. The Kier molecular flexibility index (Phi) is 4.29. The number of rotatable bonds is 4. The third-order valence-electron chi connectivity index (χ3n) is 3.57. The average molecular weight is 274 g/mol. The quantitative estimate of drug-likeness (QED) is 0.651. The van der Waals surface area contributed by atoms with Crippen molar-refractivity contribution < 1.29 is 14.4 Å². The highest BCUT2D eigenvalue weighted by Gasteiger charge is 2.31. The van der Waals surface area contributed by atoms with Crippen LogP contribution in [-0.4, -0.2) is 41.6 Å². The largest absolute Gasteiger partial charge is 0.294 e. The molecular weight excluding hydrogens is 256 g/mol. The van der Waals surface area contributed by atoms with E-state index in [0.717, 1.165) is 6.42 Å². The molecule has 1 atom stereocenters. The number of hydrogen-bond acceptors (Lipinski definition) is 4. The van der Waals surface area contributed by atoms with Gasteiger partial charge in [0.1, 0.15) is 0 Å². The van der Waals surface area contributed by atoms with E-state index in [-0.39, 0.29) is 30.7 Å². The van der Waals surface area contributed by atoms with Gasteiger partial charge in [-0.05, 0) is 18.9 Å². The summed E-state index contributed by atoms with van der Waals surface area (Å²) in [7, 11) is 0. The number of hydrogen-bond donors (Lipinski definition) is 1. The Bertz CT molecular complexity index is 537. The number of amides is 2. The molecule has 0 aliphatic carbocycles. The third-order valence-corrected chi connectivity index (χ3v) is 3.57. The Hall–Kier alpha value is -2.01. The first-order valence-corrected chi connectivity index (χ1v) is 6.71. The van der Waals surface area contributed by atoms with Gasteiger partial charge in [-0.25, -0.2) is 0 Å². The molecule has 0 radical (unpaired) electrons. The number of piperazine rings is 1. The van der Waals surface area contributed by atoms with Gasteiger partial charge in [-0.1, -0.05) is 31.2 Å². The highest BCUT2D eigenvalue weighted by atomic mass is 16.2. The summed E-state index contributed by atoms with van der Waals surface area (Å²) >= 11 is 0. The molecule has 1 unspecified atom stereocenters. The predicted molar refractivity (Wildman–Crippen MR) is 74.3 cm³/mol. The van der Waals surface area contributed by atoms with Crippen LogP contribution in [0.1, 0.15) is 29.8 Å². The zero-order chi connectivity index (χ0) is 14.7. The van der Waals surface area contributed by atoms with Crippen LogP contribution in [0, 0.1) is 0 Å². The van der Waals surface area contributed by atoms with E-state index >= 15 is 0 Å². The Labute approximate surface area is 118 Å². The number of aryl methyl sites for hydroxylation is 1. The summed E-state index contributed by atoms with van der Waals surface area (Å²) < 4.78 is 0. The number of imide groups is 1. The van der Waals surface area contributed by atoms with Gasteiger partial charge in [-0.15, -0.1) is 0 Å². The summed E-state index contributed by atoms with van der Waals surface area (Å²) in [6.45, 7) is 3.89. The van der Waals surface area contributed by atoms with Crippen molar-refractivity contribution in [3.8, 4) is 0 Å². The van der Waals surface area contributed by atoms with Gasteiger partial charge in [0, 0.05) is 5.56 Å². The summed E-state index contributed by atoms with van der Waals surface area (Å²) in [5.74, 6) is -0.792. The first kappa shape index (κ1) is 14.4. The van der Waals surface area contributed by atoms with Crippen LogP contribution < -0.4 is 5.32 Å². The molecular formula is C15H18N2O3.